The Labute approximate surface area is 103 Å². The van der Waals surface area contributed by atoms with Gasteiger partial charge in [0.25, 0.3) is 0 Å². The maximum Gasteiger partial charge on any atom is 0.0658 e. The number of hydrogen-bond acceptors (Lipinski definition) is 4. The van der Waals surface area contributed by atoms with E-state index in [1.54, 1.807) is 7.11 Å². The molecule has 0 unspecified atom stereocenters. The van der Waals surface area contributed by atoms with E-state index in [1.807, 2.05) is 10.9 Å². The molecule has 1 aliphatic rings. The van der Waals surface area contributed by atoms with E-state index >= 15 is 0 Å². The van der Waals surface area contributed by atoms with Crippen molar-refractivity contribution >= 4 is 0 Å². The van der Waals surface area contributed by atoms with Crippen LogP contribution in [0.2, 0.25) is 0 Å². The summed E-state index contributed by atoms with van der Waals surface area (Å²) in [6.45, 7) is 8.09. The zero-order valence-corrected chi connectivity index (χ0v) is 10.7. The molecule has 0 aromatic carbocycles. The molecule has 1 aromatic rings. The zero-order chi connectivity index (χ0) is 12.1. The van der Waals surface area contributed by atoms with Gasteiger partial charge in [-0.3, -0.25) is 9.58 Å². The maximum absolute atomic E-state index is 5.04. The largest absolute Gasteiger partial charge is 0.383 e. The lowest BCUT2D eigenvalue weighted by Crippen LogP contribution is -2.48. The highest BCUT2D eigenvalue weighted by Crippen LogP contribution is 2.06. The Hall–Kier alpha value is -0.910. The molecule has 2 rings (SSSR count). The second-order valence-corrected chi connectivity index (χ2v) is 4.69. The van der Waals surface area contributed by atoms with Gasteiger partial charge in [-0.05, 0) is 6.92 Å². The molecule has 96 valence electrons. The Morgan fingerprint density at radius 2 is 2.47 bits per heavy atom. The van der Waals surface area contributed by atoms with Crippen LogP contribution in [-0.2, 0) is 17.8 Å². The Morgan fingerprint density at radius 1 is 1.59 bits per heavy atom. The minimum atomic E-state index is 0.590. The van der Waals surface area contributed by atoms with Crippen LogP contribution in [0.5, 0.6) is 0 Å². The lowest BCUT2D eigenvalue weighted by molar-refractivity contribution is 0.183. The van der Waals surface area contributed by atoms with Crippen LogP contribution in [0.3, 0.4) is 0 Å². The van der Waals surface area contributed by atoms with Gasteiger partial charge in [0.2, 0.25) is 0 Å². The molecule has 1 N–H and O–H groups in total. The lowest BCUT2D eigenvalue weighted by atomic mass is 10.2. The molecule has 5 heteroatoms. The standard InChI is InChI=1S/C12H22N4O/c1-11-8-15(4-3-13-11)9-12-7-14-16(10-12)5-6-17-2/h7,10-11,13H,3-6,8-9H2,1-2H3/t11-/m0/s1. The molecule has 2 heterocycles. The summed E-state index contributed by atoms with van der Waals surface area (Å²) < 4.78 is 6.99. The topological polar surface area (TPSA) is 42.3 Å². The van der Waals surface area contributed by atoms with Gasteiger partial charge >= 0.3 is 0 Å². The third kappa shape index (κ3) is 3.80. The first kappa shape index (κ1) is 12.5. The van der Waals surface area contributed by atoms with Crippen LogP contribution in [0.15, 0.2) is 12.4 Å². The summed E-state index contributed by atoms with van der Waals surface area (Å²) in [7, 11) is 1.71. The first-order valence-electron chi connectivity index (χ1n) is 6.24. The fourth-order valence-corrected chi connectivity index (χ4v) is 2.21. The Kier molecular flexibility index (Phi) is 4.53. The van der Waals surface area contributed by atoms with Crippen molar-refractivity contribution < 1.29 is 4.74 Å². The Bertz CT molecular complexity index is 339. The summed E-state index contributed by atoms with van der Waals surface area (Å²) in [5.74, 6) is 0. The molecule has 0 aliphatic carbocycles. The molecule has 17 heavy (non-hydrogen) atoms. The number of aromatic nitrogens is 2. The van der Waals surface area contributed by atoms with Crippen LogP contribution in [0.1, 0.15) is 12.5 Å². The number of nitrogens with one attached hydrogen (secondary N) is 1. The van der Waals surface area contributed by atoms with Gasteiger partial charge in [-0.1, -0.05) is 0 Å². The second kappa shape index (κ2) is 6.14. The number of nitrogens with zero attached hydrogens (tertiary/aromatic N) is 3. The molecule has 5 nitrogen and oxygen atoms in total. The van der Waals surface area contributed by atoms with Crippen LogP contribution < -0.4 is 5.32 Å². The summed E-state index contributed by atoms with van der Waals surface area (Å²) >= 11 is 0. The molecule has 1 aromatic heterocycles. The lowest BCUT2D eigenvalue weighted by Gasteiger charge is -2.31. The number of rotatable bonds is 5. The number of piperazine rings is 1. The van der Waals surface area contributed by atoms with Crippen molar-refractivity contribution in [3.05, 3.63) is 18.0 Å². The fourth-order valence-electron chi connectivity index (χ4n) is 2.21. The predicted octanol–water partition coefficient (Wildman–Crippen LogP) is 0.323. The van der Waals surface area contributed by atoms with Crippen molar-refractivity contribution in [2.75, 3.05) is 33.4 Å². The predicted molar refractivity (Wildman–Crippen MR) is 66.8 cm³/mol. The van der Waals surface area contributed by atoms with Gasteiger partial charge < -0.3 is 10.1 Å². The highest BCUT2D eigenvalue weighted by molar-refractivity contribution is 5.04. The molecule has 0 spiro atoms. The average Bonchev–Trinajstić information content (AvgIpc) is 2.74. The van der Waals surface area contributed by atoms with Crippen LogP contribution in [-0.4, -0.2) is 54.1 Å². The van der Waals surface area contributed by atoms with Crippen molar-refractivity contribution in [3.63, 3.8) is 0 Å². The Morgan fingerprint density at radius 3 is 3.24 bits per heavy atom. The fraction of sp³-hybridized carbons (Fsp3) is 0.750. The molecule has 1 aliphatic heterocycles. The molecule has 0 radical (unpaired) electrons. The number of ether oxygens (including phenoxy) is 1. The molecular formula is C12H22N4O. The van der Waals surface area contributed by atoms with Crippen LogP contribution >= 0.6 is 0 Å². The monoisotopic (exact) mass is 238 g/mol. The smallest absolute Gasteiger partial charge is 0.0658 e. The highest BCUT2D eigenvalue weighted by Gasteiger charge is 2.15. The summed E-state index contributed by atoms with van der Waals surface area (Å²) in [6.07, 6.45) is 4.08. The summed E-state index contributed by atoms with van der Waals surface area (Å²) in [5, 5.41) is 7.78. The molecular weight excluding hydrogens is 216 g/mol. The van der Waals surface area contributed by atoms with Crippen molar-refractivity contribution in [1.82, 2.24) is 20.0 Å². The van der Waals surface area contributed by atoms with Gasteiger partial charge in [-0.2, -0.15) is 5.10 Å². The SMILES string of the molecule is COCCn1cc(CN2CCN[C@@H](C)C2)cn1. The van der Waals surface area contributed by atoms with Gasteiger partial charge in [0.1, 0.15) is 0 Å². The van der Waals surface area contributed by atoms with E-state index in [-0.39, 0.29) is 0 Å². The molecule has 0 saturated carbocycles. The normalized spacial score (nSPS) is 21.9. The summed E-state index contributed by atoms with van der Waals surface area (Å²) in [4.78, 5) is 2.47. The third-order valence-corrected chi connectivity index (χ3v) is 3.07. The first-order chi connectivity index (χ1) is 8.28. The number of methoxy groups -OCH3 is 1. The van der Waals surface area contributed by atoms with E-state index < -0.39 is 0 Å². The van der Waals surface area contributed by atoms with Crippen molar-refractivity contribution in [3.8, 4) is 0 Å². The average molecular weight is 238 g/mol. The van der Waals surface area contributed by atoms with Gasteiger partial charge in [0, 0.05) is 51.1 Å². The van der Waals surface area contributed by atoms with Crippen molar-refractivity contribution in [1.29, 1.82) is 0 Å². The van der Waals surface area contributed by atoms with Gasteiger partial charge in [0.15, 0.2) is 0 Å². The Balaban J connectivity index is 1.83. The maximum atomic E-state index is 5.04. The van der Waals surface area contributed by atoms with Gasteiger partial charge in [-0.15, -0.1) is 0 Å². The second-order valence-electron chi connectivity index (χ2n) is 4.69. The van der Waals surface area contributed by atoms with Gasteiger partial charge in [0.05, 0.1) is 19.3 Å². The minimum absolute atomic E-state index is 0.590. The number of hydrogen-bond donors (Lipinski definition) is 1. The first-order valence-corrected chi connectivity index (χ1v) is 6.24. The molecule has 0 amide bonds. The molecule has 1 saturated heterocycles. The van der Waals surface area contributed by atoms with E-state index in [2.05, 4.69) is 28.4 Å². The molecule has 1 fully saturated rings. The highest BCUT2D eigenvalue weighted by atomic mass is 16.5. The van der Waals surface area contributed by atoms with Crippen LogP contribution in [0, 0.1) is 0 Å². The summed E-state index contributed by atoms with van der Waals surface area (Å²) in [5.41, 5.74) is 1.29. The van der Waals surface area contributed by atoms with E-state index in [0.29, 0.717) is 12.6 Å². The van der Waals surface area contributed by atoms with E-state index in [4.69, 9.17) is 4.74 Å². The molecule has 1 atom stereocenters. The van der Waals surface area contributed by atoms with Gasteiger partial charge in [-0.25, -0.2) is 0 Å². The van der Waals surface area contributed by atoms with E-state index in [9.17, 15) is 0 Å². The quantitative estimate of drug-likeness (QED) is 0.802. The third-order valence-electron chi connectivity index (χ3n) is 3.07. The van der Waals surface area contributed by atoms with Crippen LogP contribution in [0.4, 0.5) is 0 Å². The van der Waals surface area contributed by atoms with Crippen molar-refractivity contribution in [2.45, 2.75) is 26.1 Å². The van der Waals surface area contributed by atoms with Crippen LogP contribution in [0.25, 0.3) is 0 Å². The van der Waals surface area contributed by atoms with E-state index in [0.717, 1.165) is 32.7 Å². The zero-order valence-electron chi connectivity index (χ0n) is 10.7. The minimum Gasteiger partial charge on any atom is -0.383 e. The molecule has 0 bridgehead atoms. The summed E-state index contributed by atoms with van der Waals surface area (Å²) in [6, 6.07) is 0.590. The van der Waals surface area contributed by atoms with E-state index in [1.165, 1.54) is 5.56 Å². The van der Waals surface area contributed by atoms with Crippen molar-refractivity contribution in [2.24, 2.45) is 0 Å².